The smallest absolute Gasteiger partial charge is 0.314 e. The highest BCUT2D eigenvalue weighted by molar-refractivity contribution is 6.33. The molecule has 3 heterocycles. The van der Waals surface area contributed by atoms with Crippen LogP contribution in [0.3, 0.4) is 0 Å². The summed E-state index contributed by atoms with van der Waals surface area (Å²) >= 11 is 6.13. The van der Waals surface area contributed by atoms with Gasteiger partial charge in [0.1, 0.15) is 23.1 Å². The van der Waals surface area contributed by atoms with Crippen molar-refractivity contribution in [1.29, 1.82) is 0 Å². The highest BCUT2D eigenvalue weighted by Gasteiger charge is 2.26. The van der Waals surface area contributed by atoms with Gasteiger partial charge < -0.3 is 23.7 Å². The maximum Gasteiger partial charge on any atom is 0.314 e. The van der Waals surface area contributed by atoms with Gasteiger partial charge in [-0.15, -0.1) is 5.10 Å². The molecule has 0 atom stereocenters. The molecule has 4 rings (SSSR count). The molecule has 3 aromatic heterocycles. The number of aliphatic hydroxyl groups is 1. The lowest BCUT2D eigenvalue weighted by atomic mass is 10.2. The fourth-order valence-corrected chi connectivity index (χ4v) is 3.35. The Morgan fingerprint density at radius 3 is 2.86 bits per heavy atom. The van der Waals surface area contributed by atoms with Gasteiger partial charge in [0.05, 0.1) is 31.2 Å². The van der Waals surface area contributed by atoms with E-state index in [2.05, 4.69) is 20.2 Å². The number of aryl methyl sites for hydroxylation is 1. The van der Waals surface area contributed by atoms with Crippen molar-refractivity contribution >= 4 is 22.5 Å². The zero-order valence-corrected chi connectivity index (χ0v) is 15.7. The third-order valence-electron chi connectivity index (χ3n) is 4.30. The number of H-pyrrole nitrogens is 1. The first-order valence-electron chi connectivity index (χ1n) is 8.26. The van der Waals surface area contributed by atoms with Gasteiger partial charge in [0.25, 0.3) is 0 Å². The summed E-state index contributed by atoms with van der Waals surface area (Å²) in [6.07, 6.45) is 4.94. The van der Waals surface area contributed by atoms with Crippen LogP contribution in [0.1, 0.15) is 0 Å². The zero-order valence-electron chi connectivity index (χ0n) is 15.0. The lowest BCUT2D eigenvalue weighted by Gasteiger charge is -2.07. The van der Waals surface area contributed by atoms with Crippen molar-refractivity contribution < 1.29 is 19.0 Å². The number of rotatable bonds is 6. The predicted octanol–water partition coefficient (Wildman–Crippen LogP) is 2.32. The Morgan fingerprint density at radius 1 is 1.36 bits per heavy atom. The Balaban J connectivity index is 2.02. The maximum absolute atomic E-state index is 15.1. The molecule has 4 aromatic rings. The number of halogens is 2. The van der Waals surface area contributed by atoms with Crippen LogP contribution in [0.25, 0.3) is 28.1 Å². The molecule has 0 bridgehead atoms. The summed E-state index contributed by atoms with van der Waals surface area (Å²) < 4.78 is 28.9. The summed E-state index contributed by atoms with van der Waals surface area (Å²) in [4.78, 5) is 7.02. The summed E-state index contributed by atoms with van der Waals surface area (Å²) in [7, 11) is 3.12. The Hall–Kier alpha value is -3.11. The van der Waals surface area contributed by atoms with Gasteiger partial charge >= 0.3 is 6.01 Å². The molecule has 0 aliphatic rings. The molecule has 28 heavy (non-hydrogen) atoms. The average Bonchev–Trinajstić information content (AvgIpc) is 3.42. The van der Waals surface area contributed by atoms with Crippen LogP contribution in [0.2, 0.25) is 5.02 Å². The van der Waals surface area contributed by atoms with E-state index in [1.807, 2.05) is 0 Å². The van der Waals surface area contributed by atoms with Crippen LogP contribution < -0.4 is 9.47 Å². The number of aromatic nitrogens is 6. The van der Waals surface area contributed by atoms with E-state index in [0.717, 1.165) is 0 Å². The number of hydrogen-bond acceptors (Lipinski definition) is 6. The molecule has 2 N–H and O–H groups in total. The van der Waals surface area contributed by atoms with Crippen molar-refractivity contribution in [3.8, 4) is 29.0 Å². The van der Waals surface area contributed by atoms with Crippen LogP contribution in [0.4, 0.5) is 4.39 Å². The quantitative estimate of drug-likeness (QED) is 0.509. The van der Waals surface area contributed by atoms with Gasteiger partial charge in [0.2, 0.25) is 0 Å². The van der Waals surface area contributed by atoms with Gasteiger partial charge in [-0.2, -0.15) is 0 Å². The van der Waals surface area contributed by atoms with E-state index in [9.17, 15) is 0 Å². The Kier molecular flexibility index (Phi) is 4.65. The van der Waals surface area contributed by atoms with Gasteiger partial charge in [0, 0.05) is 24.8 Å². The number of benzene rings is 1. The molecule has 0 spiro atoms. The number of methoxy groups -OCH3 is 1. The zero-order chi connectivity index (χ0) is 19.8. The van der Waals surface area contributed by atoms with Crippen LogP contribution in [0, 0.1) is 5.82 Å². The molecule has 0 fully saturated rings. The van der Waals surface area contributed by atoms with E-state index in [1.54, 1.807) is 41.0 Å². The molecule has 1 aromatic carbocycles. The van der Waals surface area contributed by atoms with Gasteiger partial charge in [-0.25, -0.2) is 9.37 Å². The largest absolute Gasteiger partial charge is 0.495 e. The fourth-order valence-electron chi connectivity index (χ4n) is 3.13. The van der Waals surface area contributed by atoms with Crippen molar-refractivity contribution in [3.63, 3.8) is 0 Å². The molecule has 0 saturated carbocycles. The summed E-state index contributed by atoms with van der Waals surface area (Å²) in [6.45, 7) is -0.0899. The third kappa shape index (κ3) is 2.77. The van der Waals surface area contributed by atoms with E-state index in [4.69, 9.17) is 26.2 Å². The fraction of sp³-hybridized carbons (Fsp3) is 0.235. The first kappa shape index (κ1) is 18.3. The van der Waals surface area contributed by atoms with Gasteiger partial charge in [-0.3, -0.25) is 4.98 Å². The van der Waals surface area contributed by atoms with Crippen molar-refractivity contribution in [2.24, 2.45) is 7.05 Å². The standard InChI is InChI=1S/C17H16ClFN6O3/c1-24-13-9(7-10(27-2)11(18)12(13)19)14(25-4-3-20-8-25)15(24)16-21-17(23-22-16)28-6-5-26/h3-4,7-8,26H,5-6H2,1-2H3,(H,21,22,23). The first-order valence-corrected chi connectivity index (χ1v) is 8.64. The molecule has 9 nitrogen and oxygen atoms in total. The second-order valence-corrected chi connectivity index (χ2v) is 6.26. The minimum atomic E-state index is -0.609. The minimum absolute atomic E-state index is 0.0690. The molecule has 0 unspecified atom stereocenters. The molecule has 0 saturated heterocycles. The molecular formula is C17H16ClFN6O3. The van der Waals surface area contributed by atoms with Crippen LogP contribution in [0.15, 0.2) is 24.8 Å². The molecule has 11 heteroatoms. The van der Waals surface area contributed by atoms with E-state index < -0.39 is 5.82 Å². The third-order valence-corrected chi connectivity index (χ3v) is 4.65. The molecule has 146 valence electrons. The second-order valence-electron chi connectivity index (χ2n) is 5.88. The highest BCUT2D eigenvalue weighted by Crippen LogP contribution is 2.41. The Morgan fingerprint density at radius 2 is 2.18 bits per heavy atom. The number of aliphatic hydroxyl groups excluding tert-OH is 1. The molecule has 0 aliphatic carbocycles. The lowest BCUT2D eigenvalue weighted by Crippen LogP contribution is -2.02. The first-order chi connectivity index (χ1) is 13.6. The molecular weight excluding hydrogens is 391 g/mol. The van der Waals surface area contributed by atoms with Gasteiger partial charge in [-0.1, -0.05) is 16.7 Å². The van der Waals surface area contributed by atoms with E-state index in [0.29, 0.717) is 22.6 Å². The second kappa shape index (κ2) is 7.13. The van der Waals surface area contributed by atoms with Crippen LogP contribution in [-0.2, 0) is 7.05 Å². The molecule has 0 amide bonds. The topological polar surface area (TPSA) is 103 Å². The lowest BCUT2D eigenvalue weighted by molar-refractivity contribution is 0.192. The highest BCUT2D eigenvalue weighted by atomic mass is 35.5. The number of imidazole rings is 1. The van der Waals surface area contributed by atoms with Crippen LogP contribution in [0.5, 0.6) is 11.8 Å². The summed E-state index contributed by atoms with van der Waals surface area (Å²) in [5.74, 6) is -0.0399. The monoisotopic (exact) mass is 406 g/mol. The summed E-state index contributed by atoms with van der Waals surface area (Å²) in [5, 5.41) is 17.4. The van der Waals surface area contributed by atoms with Gasteiger partial charge in [-0.05, 0) is 6.07 Å². The van der Waals surface area contributed by atoms with E-state index >= 15 is 4.39 Å². The normalized spacial score (nSPS) is 11.3. The van der Waals surface area contributed by atoms with E-state index in [-0.39, 0.29) is 35.5 Å². The van der Waals surface area contributed by atoms with E-state index in [1.165, 1.54) is 7.11 Å². The van der Waals surface area contributed by atoms with Crippen molar-refractivity contribution in [2.45, 2.75) is 0 Å². The summed E-state index contributed by atoms with van der Waals surface area (Å²) in [5.41, 5.74) is 1.44. The maximum atomic E-state index is 15.1. The Bertz CT molecular complexity index is 1140. The number of ether oxygens (including phenoxy) is 2. The average molecular weight is 407 g/mol. The SMILES string of the molecule is COc1cc2c(-n3ccnc3)c(-c3nnc(OCCO)[nH]3)n(C)c2c(F)c1Cl. The number of nitrogens with one attached hydrogen (secondary N) is 1. The van der Waals surface area contributed by atoms with Crippen molar-refractivity contribution in [3.05, 3.63) is 35.6 Å². The van der Waals surface area contributed by atoms with Crippen LogP contribution in [-0.4, -0.2) is 54.7 Å². The summed E-state index contributed by atoms with van der Waals surface area (Å²) in [6, 6.07) is 1.81. The number of nitrogens with zero attached hydrogens (tertiary/aromatic N) is 5. The Labute approximate surface area is 163 Å². The van der Waals surface area contributed by atoms with Crippen molar-refractivity contribution in [1.82, 2.24) is 29.3 Å². The van der Waals surface area contributed by atoms with Crippen LogP contribution >= 0.6 is 11.6 Å². The number of aromatic amines is 1. The predicted molar refractivity (Wildman–Crippen MR) is 99.5 cm³/mol. The van der Waals surface area contributed by atoms with Gasteiger partial charge in [0.15, 0.2) is 11.6 Å². The molecule has 0 radical (unpaired) electrons. The molecule has 0 aliphatic heterocycles. The number of hydrogen-bond donors (Lipinski definition) is 2. The van der Waals surface area contributed by atoms with Crippen molar-refractivity contribution in [2.75, 3.05) is 20.3 Å². The number of fused-ring (bicyclic) bond motifs is 1. The minimum Gasteiger partial charge on any atom is -0.495 e.